The Labute approximate surface area is 110 Å². The molecular weight excluding hydrogens is 246 g/mol. The number of amidine groups is 1. The van der Waals surface area contributed by atoms with Crippen LogP contribution < -0.4 is 10.6 Å². The summed E-state index contributed by atoms with van der Waals surface area (Å²) in [6, 6.07) is 7.50. The summed E-state index contributed by atoms with van der Waals surface area (Å²) in [5.74, 6) is 0.940. The predicted octanol–water partition coefficient (Wildman–Crippen LogP) is 2.15. The smallest absolute Gasteiger partial charge is 0.209 e. The van der Waals surface area contributed by atoms with Crippen molar-refractivity contribution in [1.29, 1.82) is 5.41 Å². The Balaban J connectivity index is 2.22. The largest absolute Gasteiger partial charge is 0.384 e. The molecule has 0 spiro atoms. The van der Waals surface area contributed by atoms with Gasteiger partial charge in [0, 0.05) is 36.3 Å². The van der Waals surface area contributed by atoms with Gasteiger partial charge in [0.15, 0.2) is 0 Å². The fourth-order valence-electron chi connectivity index (χ4n) is 1.50. The Bertz CT molecular complexity index is 546. The van der Waals surface area contributed by atoms with E-state index in [1.54, 1.807) is 0 Å². The number of nitrogens with one attached hydrogen (secondary N) is 1. The van der Waals surface area contributed by atoms with Gasteiger partial charge < -0.3 is 10.6 Å². The van der Waals surface area contributed by atoms with Crippen molar-refractivity contribution >= 4 is 28.2 Å². The maximum atomic E-state index is 7.35. The van der Waals surface area contributed by atoms with Crippen LogP contribution in [-0.4, -0.2) is 22.2 Å². The quantitative estimate of drug-likeness (QED) is 0.653. The first-order valence-corrected chi connectivity index (χ1v) is 6.40. The van der Waals surface area contributed by atoms with Gasteiger partial charge in [-0.1, -0.05) is 6.92 Å². The van der Waals surface area contributed by atoms with Crippen LogP contribution in [0, 0.1) is 5.41 Å². The van der Waals surface area contributed by atoms with Crippen molar-refractivity contribution < 1.29 is 0 Å². The molecule has 1 aromatic carbocycles. The van der Waals surface area contributed by atoms with E-state index >= 15 is 0 Å². The summed E-state index contributed by atoms with van der Waals surface area (Å²) in [5, 5.41) is 8.21. The molecule has 0 aliphatic rings. The van der Waals surface area contributed by atoms with E-state index in [0.29, 0.717) is 0 Å². The number of hydrogen-bond acceptors (Lipinski definition) is 5. The van der Waals surface area contributed by atoms with Gasteiger partial charge >= 0.3 is 0 Å². The van der Waals surface area contributed by atoms with Gasteiger partial charge in [0.25, 0.3) is 0 Å². The number of hydrogen-bond donors (Lipinski definition) is 2. The third-order valence-electron chi connectivity index (χ3n) is 2.63. The molecule has 0 aliphatic carbocycles. The average molecular weight is 261 g/mol. The van der Waals surface area contributed by atoms with Crippen molar-refractivity contribution in [2.75, 3.05) is 11.9 Å². The van der Waals surface area contributed by atoms with Crippen LogP contribution >= 0.6 is 11.5 Å². The third kappa shape index (κ3) is 2.48. The van der Waals surface area contributed by atoms with E-state index in [2.05, 4.69) is 9.36 Å². The van der Waals surface area contributed by atoms with Crippen LogP contribution in [0.5, 0.6) is 0 Å². The minimum atomic E-state index is 0.0772. The molecule has 1 heterocycles. The molecule has 3 N–H and O–H groups in total. The van der Waals surface area contributed by atoms with Crippen molar-refractivity contribution in [2.45, 2.75) is 13.3 Å². The van der Waals surface area contributed by atoms with Crippen LogP contribution in [-0.2, 0) is 6.42 Å². The highest BCUT2D eigenvalue weighted by Crippen LogP contribution is 2.25. The summed E-state index contributed by atoms with van der Waals surface area (Å²) in [6.07, 6.45) is 0.841. The molecule has 2 rings (SSSR count). The Kier molecular flexibility index (Phi) is 3.57. The maximum Gasteiger partial charge on any atom is 0.209 e. The summed E-state index contributed by atoms with van der Waals surface area (Å²) in [5.41, 5.74) is 7.14. The van der Waals surface area contributed by atoms with Crippen molar-refractivity contribution in [3.8, 4) is 0 Å². The van der Waals surface area contributed by atoms with E-state index in [1.165, 1.54) is 11.5 Å². The zero-order chi connectivity index (χ0) is 13.1. The monoisotopic (exact) mass is 261 g/mol. The molecule has 0 radical (unpaired) electrons. The Morgan fingerprint density at radius 2 is 2.06 bits per heavy atom. The fourth-order valence-corrected chi connectivity index (χ4v) is 2.23. The molecule has 0 saturated carbocycles. The summed E-state index contributed by atoms with van der Waals surface area (Å²) < 4.78 is 4.26. The van der Waals surface area contributed by atoms with Gasteiger partial charge in [0.05, 0.1) is 0 Å². The molecule has 0 amide bonds. The van der Waals surface area contributed by atoms with Crippen molar-refractivity contribution in [3.63, 3.8) is 0 Å². The van der Waals surface area contributed by atoms with Crippen molar-refractivity contribution in [2.24, 2.45) is 5.73 Å². The molecule has 18 heavy (non-hydrogen) atoms. The Morgan fingerprint density at radius 1 is 1.39 bits per heavy atom. The van der Waals surface area contributed by atoms with Crippen LogP contribution in [0.2, 0.25) is 0 Å². The molecule has 0 aliphatic heterocycles. The number of anilines is 2. The van der Waals surface area contributed by atoms with Crippen LogP contribution in [0.25, 0.3) is 0 Å². The van der Waals surface area contributed by atoms with E-state index in [0.717, 1.165) is 28.6 Å². The number of benzene rings is 1. The van der Waals surface area contributed by atoms with Gasteiger partial charge in [0.1, 0.15) is 11.7 Å². The lowest BCUT2D eigenvalue weighted by molar-refractivity contribution is 0.989. The van der Waals surface area contributed by atoms with Crippen molar-refractivity contribution in [3.05, 3.63) is 35.7 Å². The number of aromatic nitrogens is 2. The van der Waals surface area contributed by atoms with Gasteiger partial charge in [-0.25, -0.2) is 4.98 Å². The van der Waals surface area contributed by atoms with Gasteiger partial charge in [-0.3, -0.25) is 5.41 Å². The molecule has 0 fully saturated rings. The molecule has 2 aromatic rings. The highest BCUT2D eigenvalue weighted by atomic mass is 32.1. The van der Waals surface area contributed by atoms with Crippen LogP contribution in [0.15, 0.2) is 24.3 Å². The second-order valence-corrected chi connectivity index (χ2v) is 4.60. The average Bonchev–Trinajstić information content (AvgIpc) is 2.86. The first kappa shape index (κ1) is 12.5. The van der Waals surface area contributed by atoms with E-state index in [1.807, 2.05) is 43.1 Å². The Morgan fingerprint density at radius 3 is 2.56 bits per heavy atom. The van der Waals surface area contributed by atoms with Gasteiger partial charge in [-0.05, 0) is 24.3 Å². The van der Waals surface area contributed by atoms with E-state index < -0.39 is 0 Å². The van der Waals surface area contributed by atoms with E-state index in [9.17, 15) is 0 Å². The minimum Gasteiger partial charge on any atom is -0.384 e. The molecule has 0 bridgehead atoms. The molecule has 0 unspecified atom stereocenters. The van der Waals surface area contributed by atoms with E-state index in [-0.39, 0.29) is 5.84 Å². The number of nitrogen functional groups attached to an aromatic ring is 1. The van der Waals surface area contributed by atoms with Gasteiger partial charge in [0.2, 0.25) is 5.13 Å². The van der Waals surface area contributed by atoms with Gasteiger partial charge in [-0.2, -0.15) is 4.37 Å². The first-order valence-electron chi connectivity index (χ1n) is 5.62. The van der Waals surface area contributed by atoms with Crippen LogP contribution in [0.1, 0.15) is 18.3 Å². The normalized spacial score (nSPS) is 10.3. The van der Waals surface area contributed by atoms with Gasteiger partial charge in [-0.15, -0.1) is 0 Å². The summed E-state index contributed by atoms with van der Waals surface area (Å²) in [6.45, 7) is 2.04. The topological polar surface area (TPSA) is 78.9 Å². The maximum absolute atomic E-state index is 7.35. The second-order valence-electron chi connectivity index (χ2n) is 3.87. The zero-order valence-electron chi connectivity index (χ0n) is 10.3. The first-order chi connectivity index (χ1) is 8.61. The summed E-state index contributed by atoms with van der Waals surface area (Å²) in [4.78, 5) is 6.40. The van der Waals surface area contributed by atoms with E-state index in [4.69, 9.17) is 11.1 Å². The molecule has 6 heteroatoms. The molecule has 0 atom stereocenters. The van der Waals surface area contributed by atoms with Crippen LogP contribution in [0.4, 0.5) is 10.8 Å². The number of aryl methyl sites for hydroxylation is 1. The van der Waals surface area contributed by atoms with Crippen LogP contribution in [0.3, 0.4) is 0 Å². The summed E-state index contributed by atoms with van der Waals surface area (Å²) in [7, 11) is 1.95. The SMILES string of the molecule is CCc1nsc(N(C)c2ccc(C(=N)N)cc2)n1. The fraction of sp³-hybridized carbons (Fsp3) is 0.250. The Hall–Kier alpha value is -1.95. The lowest BCUT2D eigenvalue weighted by Gasteiger charge is -2.15. The lowest BCUT2D eigenvalue weighted by atomic mass is 10.2. The lowest BCUT2D eigenvalue weighted by Crippen LogP contribution is -2.12. The molecular formula is C12H15N5S. The van der Waals surface area contributed by atoms with Crippen molar-refractivity contribution in [1.82, 2.24) is 9.36 Å². The number of nitrogens with zero attached hydrogens (tertiary/aromatic N) is 3. The standard InChI is InChI=1S/C12H15N5S/c1-3-10-15-12(18-16-10)17(2)9-6-4-8(5-7-9)11(13)14/h4-7H,3H2,1-2H3,(H3,13,14). The third-order valence-corrected chi connectivity index (χ3v) is 3.46. The zero-order valence-corrected chi connectivity index (χ0v) is 11.2. The second kappa shape index (κ2) is 5.14. The number of nitrogens with two attached hydrogens (primary N) is 1. The molecule has 0 saturated heterocycles. The number of rotatable bonds is 4. The highest BCUT2D eigenvalue weighted by molar-refractivity contribution is 7.09. The predicted molar refractivity (Wildman–Crippen MR) is 74.8 cm³/mol. The molecule has 1 aromatic heterocycles. The summed E-state index contributed by atoms with van der Waals surface area (Å²) >= 11 is 1.39. The minimum absolute atomic E-state index is 0.0772. The highest BCUT2D eigenvalue weighted by Gasteiger charge is 2.09. The molecule has 94 valence electrons. The molecule has 5 nitrogen and oxygen atoms in total.